The van der Waals surface area contributed by atoms with Gasteiger partial charge in [0, 0.05) is 18.7 Å². The van der Waals surface area contributed by atoms with E-state index < -0.39 is 0 Å². The normalized spacial score (nSPS) is 11.0. The molecule has 31 heavy (non-hydrogen) atoms. The first-order valence-electron chi connectivity index (χ1n) is 10.5. The number of fused-ring (bicyclic) bond motifs is 1. The second-order valence-electron chi connectivity index (χ2n) is 7.47. The number of unbranched alkanes of at least 4 members (excludes halogenated alkanes) is 1. The molecule has 4 rings (SSSR count). The zero-order valence-corrected chi connectivity index (χ0v) is 17.5. The average molecular weight is 415 g/mol. The van der Waals surface area contributed by atoms with E-state index in [1.807, 2.05) is 54.6 Å². The number of nitrogens with zero attached hydrogens (tertiary/aromatic N) is 4. The average Bonchev–Trinajstić information content (AvgIpc) is 3.24. The van der Waals surface area contributed by atoms with Crippen LogP contribution in [0.25, 0.3) is 16.7 Å². The summed E-state index contributed by atoms with van der Waals surface area (Å²) in [6.45, 7) is 2.42. The fourth-order valence-electron chi connectivity index (χ4n) is 3.45. The summed E-state index contributed by atoms with van der Waals surface area (Å²) in [5.41, 5.74) is 3.15. The number of carbonyl (C=O) groups excluding carboxylic acids is 1. The highest BCUT2D eigenvalue weighted by Gasteiger charge is 2.12. The van der Waals surface area contributed by atoms with Gasteiger partial charge in [0.05, 0.1) is 18.2 Å². The van der Waals surface area contributed by atoms with E-state index in [9.17, 15) is 9.59 Å². The molecule has 0 radical (unpaired) electrons. The van der Waals surface area contributed by atoms with Gasteiger partial charge in [-0.1, -0.05) is 43.7 Å². The Balaban J connectivity index is 1.41. The van der Waals surface area contributed by atoms with Crippen molar-refractivity contribution in [3.05, 3.63) is 83.0 Å². The van der Waals surface area contributed by atoms with Gasteiger partial charge in [0.2, 0.25) is 5.91 Å². The summed E-state index contributed by atoms with van der Waals surface area (Å²) in [4.78, 5) is 29.6. The third-order valence-electron chi connectivity index (χ3n) is 5.19. The number of hydrogen-bond acceptors (Lipinski definition) is 4. The van der Waals surface area contributed by atoms with E-state index in [0.717, 1.165) is 30.6 Å². The quantitative estimate of drug-likeness (QED) is 0.472. The van der Waals surface area contributed by atoms with Crippen molar-refractivity contribution in [2.24, 2.45) is 0 Å². The number of carbonyl (C=O) groups is 1. The largest absolute Gasteiger partial charge is 0.326 e. The lowest BCUT2D eigenvalue weighted by molar-refractivity contribution is -0.116. The molecule has 0 aliphatic rings. The van der Waals surface area contributed by atoms with Crippen molar-refractivity contribution in [2.75, 3.05) is 5.32 Å². The zero-order chi connectivity index (χ0) is 21.6. The van der Waals surface area contributed by atoms with Crippen LogP contribution in [0.1, 0.15) is 31.7 Å². The summed E-state index contributed by atoms with van der Waals surface area (Å²) in [6, 6.07) is 17.4. The van der Waals surface area contributed by atoms with Crippen LogP contribution in [-0.2, 0) is 17.8 Å². The number of benzene rings is 2. The molecule has 2 heterocycles. The Labute approximate surface area is 180 Å². The van der Waals surface area contributed by atoms with Crippen LogP contribution in [0.3, 0.4) is 0 Å². The lowest BCUT2D eigenvalue weighted by atomic mass is 10.1. The van der Waals surface area contributed by atoms with Gasteiger partial charge < -0.3 is 5.32 Å². The molecule has 2 aromatic carbocycles. The van der Waals surface area contributed by atoms with Gasteiger partial charge in [0.1, 0.15) is 5.39 Å². The Morgan fingerprint density at radius 3 is 2.58 bits per heavy atom. The maximum atomic E-state index is 12.8. The first kappa shape index (κ1) is 20.5. The van der Waals surface area contributed by atoms with Crippen LogP contribution in [0.2, 0.25) is 0 Å². The SMILES string of the molecule is CCCCc1ccc(NC(=O)CCn2cnc3c(cnn3-c3ccccc3)c2=O)cc1. The zero-order valence-electron chi connectivity index (χ0n) is 17.5. The van der Waals surface area contributed by atoms with Crippen LogP contribution in [0.15, 0.2) is 71.9 Å². The molecular weight excluding hydrogens is 390 g/mol. The van der Waals surface area contributed by atoms with Crippen LogP contribution in [0, 0.1) is 0 Å². The number of nitrogens with one attached hydrogen (secondary N) is 1. The smallest absolute Gasteiger partial charge is 0.264 e. The van der Waals surface area contributed by atoms with Gasteiger partial charge in [0.15, 0.2) is 5.65 Å². The molecule has 0 atom stereocenters. The lowest BCUT2D eigenvalue weighted by Crippen LogP contribution is -2.23. The summed E-state index contributed by atoms with van der Waals surface area (Å²) >= 11 is 0. The molecule has 1 amide bonds. The second kappa shape index (κ2) is 9.38. The maximum absolute atomic E-state index is 12.8. The van der Waals surface area contributed by atoms with Gasteiger partial charge in [0.25, 0.3) is 5.56 Å². The summed E-state index contributed by atoms with van der Waals surface area (Å²) in [5, 5.41) is 7.62. The van der Waals surface area contributed by atoms with Gasteiger partial charge in [-0.05, 0) is 42.7 Å². The Morgan fingerprint density at radius 1 is 1.06 bits per heavy atom. The van der Waals surface area contributed by atoms with E-state index in [4.69, 9.17) is 0 Å². The van der Waals surface area contributed by atoms with Crippen molar-refractivity contribution < 1.29 is 4.79 Å². The number of aromatic nitrogens is 4. The fraction of sp³-hybridized carbons (Fsp3) is 0.250. The minimum Gasteiger partial charge on any atom is -0.326 e. The van der Waals surface area contributed by atoms with E-state index in [1.54, 1.807) is 4.68 Å². The third-order valence-corrected chi connectivity index (χ3v) is 5.19. The molecule has 0 aliphatic heterocycles. The first-order chi connectivity index (χ1) is 15.2. The molecule has 0 spiro atoms. The summed E-state index contributed by atoms with van der Waals surface area (Å²) in [6.07, 6.45) is 6.53. The molecule has 0 saturated heterocycles. The lowest BCUT2D eigenvalue weighted by Gasteiger charge is -2.08. The van der Waals surface area contributed by atoms with Crippen molar-refractivity contribution in [1.82, 2.24) is 19.3 Å². The van der Waals surface area contributed by atoms with E-state index in [1.165, 1.54) is 22.7 Å². The molecule has 2 aromatic heterocycles. The van der Waals surface area contributed by atoms with Crippen molar-refractivity contribution in [3.8, 4) is 5.69 Å². The van der Waals surface area contributed by atoms with Crippen molar-refractivity contribution in [1.29, 1.82) is 0 Å². The molecule has 0 unspecified atom stereocenters. The van der Waals surface area contributed by atoms with Gasteiger partial charge in [-0.2, -0.15) is 5.10 Å². The first-order valence-corrected chi connectivity index (χ1v) is 10.5. The molecule has 1 N–H and O–H groups in total. The standard InChI is InChI=1S/C24H25N5O2/c1-2-3-7-18-10-12-19(13-11-18)27-22(30)14-15-28-17-25-23-21(24(28)31)16-26-29(23)20-8-5-4-6-9-20/h4-6,8-13,16-17H,2-3,7,14-15H2,1H3,(H,27,30). The molecular formula is C24H25N5O2. The van der Waals surface area contributed by atoms with E-state index in [-0.39, 0.29) is 24.4 Å². The molecule has 0 bridgehead atoms. The van der Waals surface area contributed by atoms with E-state index in [0.29, 0.717) is 11.0 Å². The Hall–Kier alpha value is -3.74. The molecule has 0 aliphatic carbocycles. The van der Waals surface area contributed by atoms with Gasteiger partial charge >= 0.3 is 0 Å². The van der Waals surface area contributed by atoms with Gasteiger partial charge in [-0.25, -0.2) is 9.67 Å². The van der Waals surface area contributed by atoms with Crippen LogP contribution >= 0.6 is 0 Å². The maximum Gasteiger partial charge on any atom is 0.264 e. The predicted octanol–water partition coefficient (Wildman–Crippen LogP) is 3.95. The Bertz CT molecular complexity index is 1230. The summed E-state index contributed by atoms with van der Waals surface area (Å²) < 4.78 is 3.09. The molecule has 0 fully saturated rings. The highest BCUT2D eigenvalue weighted by molar-refractivity contribution is 5.90. The molecule has 4 aromatic rings. The highest BCUT2D eigenvalue weighted by atomic mass is 16.2. The highest BCUT2D eigenvalue weighted by Crippen LogP contribution is 2.14. The summed E-state index contributed by atoms with van der Waals surface area (Å²) in [7, 11) is 0. The third kappa shape index (κ3) is 4.71. The monoisotopic (exact) mass is 415 g/mol. The Kier molecular flexibility index (Phi) is 6.21. The number of para-hydroxylation sites is 1. The minimum absolute atomic E-state index is 0.145. The topological polar surface area (TPSA) is 81.8 Å². The van der Waals surface area contributed by atoms with Crippen LogP contribution in [0.4, 0.5) is 5.69 Å². The van der Waals surface area contributed by atoms with E-state index in [2.05, 4.69) is 22.3 Å². The fourth-order valence-corrected chi connectivity index (χ4v) is 3.45. The number of aryl methyl sites for hydroxylation is 2. The predicted molar refractivity (Wildman–Crippen MR) is 121 cm³/mol. The molecule has 0 saturated carbocycles. The minimum atomic E-state index is -0.208. The number of amides is 1. The molecule has 7 nitrogen and oxygen atoms in total. The van der Waals surface area contributed by atoms with Crippen molar-refractivity contribution >= 4 is 22.6 Å². The number of hydrogen-bond donors (Lipinski definition) is 1. The van der Waals surface area contributed by atoms with Crippen LogP contribution < -0.4 is 10.9 Å². The van der Waals surface area contributed by atoms with Crippen LogP contribution in [0.5, 0.6) is 0 Å². The number of anilines is 1. The molecule has 7 heteroatoms. The number of rotatable bonds is 8. The molecule has 158 valence electrons. The van der Waals surface area contributed by atoms with E-state index >= 15 is 0 Å². The second-order valence-corrected chi connectivity index (χ2v) is 7.47. The van der Waals surface area contributed by atoms with Crippen molar-refractivity contribution in [2.45, 2.75) is 39.2 Å². The van der Waals surface area contributed by atoms with Crippen molar-refractivity contribution in [3.63, 3.8) is 0 Å². The Morgan fingerprint density at radius 2 is 1.84 bits per heavy atom. The summed E-state index contributed by atoms with van der Waals surface area (Å²) in [5.74, 6) is -0.145. The van der Waals surface area contributed by atoms with Gasteiger partial charge in [-0.3, -0.25) is 14.2 Å². The van der Waals surface area contributed by atoms with Gasteiger partial charge in [-0.15, -0.1) is 0 Å². The van der Waals surface area contributed by atoms with Crippen LogP contribution in [-0.4, -0.2) is 25.2 Å².